The molecule has 3 amide bonds. The Labute approximate surface area is 148 Å². The van der Waals surface area contributed by atoms with Crippen molar-refractivity contribution in [2.24, 2.45) is 5.92 Å². The molecule has 25 heavy (non-hydrogen) atoms. The van der Waals surface area contributed by atoms with Crippen molar-refractivity contribution in [1.82, 2.24) is 15.1 Å². The third-order valence-corrected chi connectivity index (χ3v) is 4.97. The minimum Gasteiger partial charge on any atom is -0.347 e. The van der Waals surface area contributed by atoms with Gasteiger partial charge in [0.1, 0.15) is 0 Å². The monoisotopic (exact) mass is 343 g/mol. The van der Waals surface area contributed by atoms with Crippen molar-refractivity contribution in [1.29, 1.82) is 0 Å². The van der Waals surface area contributed by atoms with Gasteiger partial charge in [-0.15, -0.1) is 0 Å². The largest absolute Gasteiger partial charge is 0.347 e. The van der Waals surface area contributed by atoms with Gasteiger partial charge in [-0.1, -0.05) is 30.3 Å². The van der Waals surface area contributed by atoms with Gasteiger partial charge < -0.3 is 15.1 Å². The number of rotatable bonds is 6. The molecule has 3 rings (SSSR count). The second kappa shape index (κ2) is 8.14. The molecule has 0 aromatic heterocycles. The lowest BCUT2D eigenvalue weighted by atomic mass is 10.1. The molecular formula is C19H25N3O3. The van der Waals surface area contributed by atoms with Gasteiger partial charge in [0.2, 0.25) is 17.7 Å². The van der Waals surface area contributed by atoms with E-state index in [1.807, 2.05) is 30.3 Å². The number of nitrogens with one attached hydrogen (secondary N) is 1. The first-order valence-corrected chi connectivity index (χ1v) is 9.00. The van der Waals surface area contributed by atoms with E-state index in [0.717, 1.165) is 32.4 Å². The minimum absolute atomic E-state index is 0.0157. The van der Waals surface area contributed by atoms with Crippen molar-refractivity contribution in [3.63, 3.8) is 0 Å². The van der Waals surface area contributed by atoms with Crippen LogP contribution in [0.15, 0.2) is 30.3 Å². The molecule has 2 fully saturated rings. The number of likely N-dealkylation sites (tertiary alicyclic amines) is 2. The summed E-state index contributed by atoms with van der Waals surface area (Å²) in [6.07, 6.45) is 3.09. The lowest BCUT2D eigenvalue weighted by Crippen LogP contribution is -2.41. The topological polar surface area (TPSA) is 69.7 Å². The number of amides is 3. The fourth-order valence-corrected chi connectivity index (χ4v) is 3.46. The van der Waals surface area contributed by atoms with Gasteiger partial charge in [-0.3, -0.25) is 14.4 Å². The van der Waals surface area contributed by atoms with Crippen LogP contribution < -0.4 is 5.32 Å². The van der Waals surface area contributed by atoms with E-state index >= 15 is 0 Å². The summed E-state index contributed by atoms with van der Waals surface area (Å²) >= 11 is 0. The molecule has 1 aromatic carbocycles. The molecule has 0 aliphatic carbocycles. The van der Waals surface area contributed by atoms with Crippen LogP contribution in [0.25, 0.3) is 0 Å². The summed E-state index contributed by atoms with van der Waals surface area (Å²) in [7, 11) is 0. The van der Waals surface area contributed by atoms with Crippen LogP contribution in [0.3, 0.4) is 0 Å². The average molecular weight is 343 g/mol. The van der Waals surface area contributed by atoms with Crippen LogP contribution >= 0.6 is 0 Å². The van der Waals surface area contributed by atoms with Crippen LogP contribution in [0.4, 0.5) is 0 Å². The molecule has 0 bridgehead atoms. The molecule has 1 atom stereocenters. The number of hydrogen-bond donors (Lipinski definition) is 1. The Kier molecular flexibility index (Phi) is 5.68. The Morgan fingerprint density at radius 3 is 2.56 bits per heavy atom. The van der Waals surface area contributed by atoms with E-state index in [2.05, 4.69) is 5.32 Å². The fourth-order valence-electron chi connectivity index (χ4n) is 3.46. The van der Waals surface area contributed by atoms with E-state index in [4.69, 9.17) is 0 Å². The van der Waals surface area contributed by atoms with Crippen molar-refractivity contribution in [3.05, 3.63) is 35.9 Å². The fraction of sp³-hybridized carbons (Fsp3) is 0.526. The highest BCUT2D eigenvalue weighted by atomic mass is 16.2. The van der Waals surface area contributed by atoms with Gasteiger partial charge in [0.25, 0.3) is 0 Å². The molecule has 0 radical (unpaired) electrons. The van der Waals surface area contributed by atoms with E-state index in [0.29, 0.717) is 13.1 Å². The van der Waals surface area contributed by atoms with Gasteiger partial charge >= 0.3 is 0 Å². The Bertz CT molecular complexity index is 626. The Balaban J connectivity index is 1.43. The average Bonchev–Trinajstić information content (AvgIpc) is 3.28. The van der Waals surface area contributed by atoms with Crippen molar-refractivity contribution in [2.75, 3.05) is 32.7 Å². The predicted octanol–water partition coefficient (Wildman–Crippen LogP) is 0.816. The van der Waals surface area contributed by atoms with Crippen LogP contribution in [-0.4, -0.2) is 60.2 Å². The molecular weight excluding hydrogens is 318 g/mol. The number of carbonyl (C=O) groups excluding carboxylic acids is 3. The van der Waals surface area contributed by atoms with Gasteiger partial charge in [0, 0.05) is 32.6 Å². The third-order valence-electron chi connectivity index (χ3n) is 4.97. The number of benzene rings is 1. The molecule has 1 unspecified atom stereocenters. The van der Waals surface area contributed by atoms with E-state index in [1.54, 1.807) is 9.80 Å². The highest BCUT2D eigenvalue weighted by Gasteiger charge is 2.34. The lowest BCUT2D eigenvalue weighted by molar-refractivity contribution is -0.133. The van der Waals surface area contributed by atoms with E-state index < -0.39 is 0 Å². The molecule has 1 N–H and O–H groups in total. The quantitative estimate of drug-likeness (QED) is 0.831. The molecule has 134 valence electrons. The molecule has 0 spiro atoms. The zero-order chi connectivity index (χ0) is 17.6. The summed E-state index contributed by atoms with van der Waals surface area (Å²) in [5.41, 5.74) is 1.18. The molecule has 2 aliphatic rings. The maximum atomic E-state index is 12.3. The van der Waals surface area contributed by atoms with Crippen molar-refractivity contribution >= 4 is 17.7 Å². The summed E-state index contributed by atoms with van der Waals surface area (Å²) in [6, 6.07) is 10.0. The van der Waals surface area contributed by atoms with E-state index in [9.17, 15) is 14.4 Å². The van der Waals surface area contributed by atoms with Crippen LogP contribution in [0.5, 0.6) is 0 Å². The van der Waals surface area contributed by atoms with Crippen LogP contribution in [0.2, 0.25) is 0 Å². The van der Waals surface area contributed by atoms with Gasteiger partial charge in [0.05, 0.1) is 12.5 Å². The van der Waals surface area contributed by atoms with Crippen molar-refractivity contribution in [2.45, 2.75) is 25.7 Å². The molecule has 6 heteroatoms. The summed E-state index contributed by atoms with van der Waals surface area (Å²) in [5, 5.41) is 2.71. The Hall–Kier alpha value is -2.37. The first kappa shape index (κ1) is 17.5. The Morgan fingerprint density at radius 1 is 1.12 bits per heavy atom. The standard InChI is InChI=1S/C19H25N3O3/c23-17-12-16(14-22(17)11-8-15-6-2-1-3-7-15)19(25)20-13-18(24)21-9-4-5-10-21/h1-3,6-7,16H,4-5,8-14H2,(H,20,25). The number of nitrogens with zero attached hydrogens (tertiary/aromatic N) is 2. The first-order chi connectivity index (χ1) is 12.1. The first-order valence-electron chi connectivity index (χ1n) is 9.00. The molecule has 2 aliphatic heterocycles. The third kappa shape index (κ3) is 4.59. The maximum absolute atomic E-state index is 12.3. The zero-order valence-electron chi connectivity index (χ0n) is 14.4. The highest BCUT2D eigenvalue weighted by molar-refractivity contribution is 5.91. The number of carbonyl (C=O) groups is 3. The molecule has 6 nitrogen and oxygen atoms in total. The molecule has 0 saturated carbocycles. The molecule has 2 heterocycles. The summed E-state index contributed by atoms with van der Waals surface area (Å²) < 4.78 is 0. The van der Waals surface area contributed by atoms with Crippen LogP contribution in [0.1, 0.15) is 24.8 Å². The predicted molar refractivity (Wildman–Crippen MR) is 93.7 cm³/mol. The molecule has 1 aromatic rings. The van der Waals surface area contributed by atoms with Crippen LogP contribution in [-0.2, 0) is 20.8 Å². The summed E-state index contributed by atoms with van der Waals surface area (Å²) in [6.45, 7) is 2.66. The van der Waals surface area contributed by atoms with Gasteiger partial charge in [0.15, 0.2) is 0 Å². The Morgan fingerprint density at radius 2 is 1.84 bits per heavy atom. The van der Waals surface area contributed by atoms with Gasteiger partial charge in [-0.2, -0.15) is 0 Å². The number of hydrogen-bond acceptors (Lipinski definition) is 3. The second-order valence-electron chi connectivity index (χ2n) is 6.78. The SMILES string of the molecule is O=C(NCC(=O)N1CCCC1)C1CC(=O)N(CCc2ccccc2)C1. The highest BCUT2D eigenvalue weighted by Crippen LogP contribution is 2.18. The van der Waals surface area contributed by atoms with E-state index in [1.165, 1.54) is 5.56 Å². The van der Waals surface area contributed by atoms with Crippen molar-refractivity contribution < 1.29 is 14.4 Å². The second-order valence-corrected chi connectivity index (χ2v) is 6.78. The van der Waals surface area contributed by atoms with Crippen LogP contribution in [0, 0.1) is 5.92 Å². The van der Waals surface area contributed by atoms with Crippen molar-refractivity contribution in [3.8, 4) is 0 Å². The smallest absolute Gasteiger partial charge is 0.241 e. The molecule has 2 saturated heterocycles. The van der Waals surface area contributed by atoms with Gasteiger partial charge in [-0.25, -0.2) is 0 Å². The lowest BCUT2D eigenvalue weighted by Gasteiger charge is -2.18. The normalized spacial score (nSPS) is 20.2. The van der Waals surface area contributed by atoms with Gasteiger partial charge in [-0.05, 0) is 24.8 Å². The maximum Gasteiger partial charge on any atom is 0.241 e. The zero-order valence-corrected chi connectivity index (χ0v) is 14.4. The van der Waals surface area contributed by atoms with E-state index in [-0.39, 0.29) is 36.6 Å². The summed E-state index contributed by atoms with van der Waals surface area (Å²) in [4.78, 5) is 39.9. The minimum atomic E-state index is -0.352. The summed E-state index contributed by atoms with van der Waals surface area (Å²) in [5.74, 6) is -0.559.